The molecule has 0 radical (unpaired) electrons. The van der Waals surface area contributed by atoms with Crippen molar-refractivity contribution in [3.63, 3.8) is 0 Å². The summed E-state index contributed by atoms with van der Waals surface area (Å²) in [5.41, 5.74) is 2.00. The molecule has 0 saturated heterocycles. The van der Waals surface area contributed by atoms with Gasteiger partial charge in [0.15, 0.2) is 0 Å². The Morgan fingerprint density at radius 2 is 1.47 bits per heavy atom. The lowest BCUT2D eigenvalue weighted by molar-refractivity contribution is 0.427. The molecule has 0 aromatic heterocycles. The lowest BCUT2D eigenvalue weighted by Crippen LogP contribution is -2.27. The Balaban J connectivity index is 3.52. The van der Waals surface area contributed by atoms with Crippen molar-refractivity contribution in [3.05, 3.63) is 28.8 Å². The van der Waals surface area contributed by atoms with Crippen LogP contribution in [-0.2, 0) is 9.69 Å². The summed E-state index contributed by atoms with van der Waals surface area (Å²) in [5, 5.41) is 17.6. The van der Waals surface area contributed by atoms with Crippen LogP contribution in [0.5, 0.6) is 0 Å². The van der Waals surface area contributed by atoms with E-state index in [2.05, 4.69) is 0 Å². The predicted octanol–water partition coefficient (Wildman–Crippen LogP) is 0.355. The van der Waals surface area contributed by atoms with Gasteiger partial charge in [0.2, 0.25) is 9.69 Å². The topological polar surface area (TPSA) is 74.6 Å². The molecule has 0 saturated carbocycles. The lowest BCUT2D eigenvalue weighted by atomic mass is 10.1. The molecule has 0 unspecified atom stereocenters. The summed E-state index contributed by atoms with van der Waals surface area (Å²) in [4.78, 5) is 0.00287. The lowest BCUT2D eigenvalue weighted by Gasteiger charge is -2.11. The van der Waals surface area contributed by atoms with Crippen LogP contribution < -0.4 is 0 Å². The molecule has 0 aliphatic rings. The minimum absolute atomic E-state index is 0.00287. The second kappa shape index (κ2) is 3.96. The van der Waals surface area contributed by atoms with Gasteiger partial charge in [-0.1, -0.05) is 17.7 Å². The Morgan fingerprint density at radius 3 is 1.80 bits per heavy atom. The summed E-state index contributed by atoms with van der Waals surface area (Å²) in [6.07, 6.45) is -2.36. The number of rotatable bonds is 2. The van der Waals surface area contributed by atoms with E-state index in [9.17, 15) is 8.42 Å². The highest BCUT2D eigenvalue weighted by molar-refractivity contribution is 8.16. The van der Waals surface area contributed by atoms with Gasteiger partial charge in [-0.05, 0) is 31.9 Å². The molecule has 2 N–H and O–H groups in total. The van der Waals surface area contributed by atoms with Gasteiger partial charge in [-0.2, -0.15) is 0 Å². The molecule has 15 heavy (non-hydrogen) atoms. The summed E-state index contributed by atoms with van der Waals surface area (Å²) in [5.74, 6) is 0. The maximum Gasteiger partial charge on any atom is 0.599 e. The van der Waals surface area contributed by atoms with Crippen molar-refractivity contribution in [2.24, 2.45) is 0 Å². The van der Waals surface area contributed by atoms with Crippen molar-refractivity contribution in [2.45, 2.75) is 25.7 Å². The minimum Gasteiger partial charge on any atom is -0.414 e. The third-order valence-corrected chi connectivity index (χ3v) is 3.93. The van der Waals surface area contributed by atoms with Crippen molar-refractivity contribution in [2.75, 3.05) is 0 Å². The highest BCUT2D eigenvalue weighted by atomic mass is 32.2. The molecule has 0 spiro atoms. The molecule has 0 heterocycles. The van der Waals surface area contributed by atoms with Crippen LogP contribution in [0.3, 0.4) is 0 Å². The quantitative estimate of drug-likeness (QED) is 0.716. The summed E-state index contributed by atoms with van der Waals surface area (Å²) in [6.45, 7) is 5.12. The van der Waals surface area contributed by atoms with Crippen LogP contribution in [-0.4, -0.2) is 24.9 Å². The molecule has 0 aliphatic carbocycles. The standard InChI is InChI=1S/C9H13BO4S/c1-6-4-7(2)9(8(3)5-6)15(13,14)10(11)12/h4-5,11-12H,1-3H3. The van der Waals surface area contributed by atoms with E-state index < -0.39 is 16.1 Å². The molecule has 0 amide bonds. The average molecular weight is 228 g/mol. The van der Waals surface area contributed by atoms with Gasteiger partial charge in [-0.25, -0.2) is 8.42 Å². The molecule has 0 atom stereocenters. The molecule has 0 fully saturated rings. The Bertz CT molecular complexity index is 456. The summed E-state index contributed by atoms with van der Waals surface area (Å²) < 4.78 is 23.2. The normalized spacial score (nSPS) is 11.5. The third kappa shape index (κ3) is 2.22. The van der Waals surface area contributed by atoms with E-state index in [1.807, 2.05) is 6.92 Å². The second-order valence-electron chi connectivity index (χ2n) is 3.60. The number of aryl methyl sites for hydroxylation is 3. The van der Waals surface area contributed by atoms with Gasteiger partial charge in [-0.3, -0.25) is 0 Å². The largest absolute Gasteiger partial charge is 0.599 e. The Morgan fingerprint density at radius 1 is 1.07 bits per heavy atom. The van der Waals surface area contributed by atoms with E-state index in [1.165, 1.54) is 0 Å². The highest BCUT2D eigenvalue weighted by Gasteiger charge is 2.33. The van der Waals surface area contributed by atoms with Gasteiger partial charge in [-0.15, -0.1) is 0 Å². The molecular formula is C9H13BO4S. The Hall–Kier alpha value is -0.845. The Kier molecular flexibility index (Phi) is 3.23. The molecule has 82 valence electrons. The van der Waals surface area contributed by atoms with Gasteiger partial charge in [0, 0.05) is 0 Å². The summed E-state index contributed by atoms with van der Waals surface area (Å²) >= 11 is 0. The molecule has 0 aliphatic heterocycles. The number of hydrogen-bond acceptors (Lipinski definition) is 4. The van der Waals surface area contributed by atoms with Gasteiger partial charge in [0.05, 0.1) is 4.90 Å². The minimum atomic E-state index is -4.04. The van der Waals surface area contributed by atoms with Gasteiger partial charge >= 0.3 is 6.40 Å². The zero-order chi connectivity index (χ0) is 11.8. The molecular weight excluding hydrogens is 215 g/mol. The van der Waals surface area contributed by atoms with Crippen LogP contribution in [0.15, 0.2) is 17.0 Å². The molecule has 1 aromatic rings. The fourth-order valence-corrected chi connectivity index (χ4v) is 2.95. The molecule has 6 heteroatoms. The molecule has 1 aromatic carbocycles. The predicted molar refractivity (Wildman–Crippen MR) is 58.0 cm³/mol. The monoisotopic (exact) mass is 228 g/mol. The number of benzene rings is 1. The van der Waals surface area contributed by atoms with E-state index in [4.69, 9.17) is 10.0 Å². The van der Waals surface area contributed by atoms with Gasteiger partial charge in [0.25, 0.3) is 0 Å². The van der Waals surface area contributed by atoms with Crippen LogP contribution in [0, 0.1) is 20.8 Å². The molecule has 1 rings (SSSR count). The van der Waals surface area contributed by atoms with Crippen molar-refractivity contribution >= 4 is 16.1 Å². The van der Waals surface area contributed by atoms with E-state index in [0.717, 1.165) is 5.56 Å². The zero-order valence-electron chi connectivity index (χ0n) is 8.85. The first kappa shape index (κ1) is 12.2. The second-order valence-corrected chi connectivity index (χ2v) is 5.52. The summed E-state index contributed by atoms with van der Waals surface area (Å²) in [7, 11) is -4.04. The molecule has 4 nitrogen and oxygen atoms in total. The first-order valence-corrected chi connectivity index (χ1v) is 5.99. The average Bonchev–Trinajstić information content (AvgIpc) is 2.00. The third-order valence-electron chi connectivity index (χ3n) is 2.17. The van der Waals surface area contributed by atoms with E-state index >= 15 is 0 Å². The Labute approximate surface area is 89.5 Å². The van der Waals surface area contributed by atoms with E-state index in [-0.39, 0.29) is 4.90 Å². The zero-order valence-corrected chi connectivity index (χ0v) is 9.67. The van der Waals surface area contributed by atoms with Crippen LogP contribution in [0.1, 0.15) is 16.7 Å². The van der Waals surface area contributed by atoms with Crippen LogP contribution in [0.4, 0.5) is 0 Å². The van der Waals surface area contributed by atoms with Crippen LogP contribution in [0.25, 0.3) is 0 Å². The maximum atomic E-state index is 11.6. The smallest absolute Gasteiger partial charge is 0.414 e. The van der Waals surface area contributed by atoms with Crippen LogP contribution >= 0.6 is 0 Å². The van der Waals surface area contributed by atoms with Crippen molar-refractivity contribution in [3.8, 4) is 0 Å². The van der Waals surface area contributed by atoms with Gasteiger partial charge < -0.3 is 10.0 Å². The number of hydrogen-bond donors (Lipinski definition) is 2. The fourth-order valence-electron chi connectivity index (χ4n) is 1.72. The van der Waals surface area contributed by atoms with E-state index in [1.54, 1.807) is 26.0 Å². The first-order valence-electron chi connectivity index (χ1n) is 4.44. The SMILES string of the molecule is Cc1cc(C)c(S(=O)(=O)B(O)O)c(C)c1. The van der Waals surface area contributed by atoms with Crippen LogP contribution in [0.2, 0.25) is 0 Å². The molecule has 0 bridgehead atoms. The van der Waals surface area contributed by atoms with Crippen molar-refractivity contribution in [1.82, 2.24) is 0 Å². The van der Waals surface area contributed by atoms with Gasteiger partial charge in [0.1, 0.15) is 0 Å². The maximum absolute atomic E-state index is 11.6. The first-order chi connectivity index (χ1) is 6.76. The summed E-state index contributed by atoms with van der Waals surface area (Å²) in [6, 6.07) is 3.39. The fraction of sp³-hybridized carbons (Fsp3) is 0.333. The highest BCUT2D eigenvalue weighted by Crippen LogP contribution is 2.23. The van der Waals surface area contributed by atoms with E-state index in [0.29, 0.717) is 11.1 Å². The van der Waals surface area contributed by atoms with Crippen molar-refractivity contribution < 1.29 is 18.5 Å². The van der Waals surface area contributed by atoms with Crippen molar-refractivity contribution in [1.29, 1.82) is 0 Å².